The number of methoxy groups -OCH3 is 1. The van der Waals surface area contributed by atoms with Crippen LogP contribution >= 0.6 is 0 Å². The summed E-state index contributed by atoms with van der Waals surface area (Å²) in [6.45, 7) is 6.09. The molecule has 7 nitrogen and oxygen atoms in total. The summed E-state index contributed by atoms with van der Waals surface area (Å²) in [6.07, 6.45) is 1.73. The molecule has 0 bridgehead atoms. The van der Waals surface area contributed by atoms with Gasteiger partial charge in [-0.3, -0.25) is 14.6 Å². The van der Waals surface area contributed by atoms with Crippen molar-refractivity contribution in [2.45, 2.75) is 33.4 Å². The van der Waals surface area contributed by atoms with E-state index in [0.717, 1.165) is 34.0 Å². The lowest BCUT2D eigenvalue weighted by Crippen LogP contribution is -2.31. The van der Waals surface area contributed by atoms with Crippen LogP contribution in [0.3, 0.4) is 0 Å². The smallest absolute Gasteiger partial charge is 0.244 e. The standard InChI is InChI=1S/C19H23N5O2/c1-12-9-13(2)24(23-12)14(3)19(25)20-10-16-11-21-22-18(16)15-5-7-17(26-4)8-6-15/h5-9,11,14H,10H2,1-4H3,(H,20,25)(H,21,22)/t14-/m0/s1. The van der Waals surface area contributed by atoms with E-state index in [9.17, 15) is 4.79 Å². The van der Waals surface area contributed by atoms with Crippen molar-refractivity contribution in [3.63, 3.8) is 0 Å². The zero-order chi connectivity index (χ0) is 18.7. The third-order valence-corrected chi connectivity index (χ3v) is 4.34. The van der Waals surface area contributed by atoms with Crippen LogP contribution in [0.5, 0.6) is 5.75 Å². The first-order valence-electron chi connectivity index (χ1n) is 8.46. The molecule has 0 aliphatic carbocycles. The largest absolute Gasteiger partial charge is 0.497 e. The first kappa shape index (κ1) is 17.7. The lowest BCUT2D eigenvalue weighted by Gasteiger charge is -2.14. The van der Waals surface area contributed by atoms with Crippen LogP contribution < -0.4 is 10.1 Å². The SMILES string of the molecule is COc1ccc(-c2[nH]ncc2CNC(=O)[C@H](C)n2nc(C)cc2C)cc1. The number of aryl methyl sites for hydroxylation is 2. The van der Waals surface area contributed by atoms with Gasteiger partial charge in [0, 0.05) is 23.4 Å². The van der Waals surface area contributed by atoms with Crippen LogP contribution in [0.4, 0.5) is 0 Å². The van der Waals surface area contributed by atoms with Crippen LogP contribution in [0.15, 0.2) is 36.5 Å². The maximum absolute atomic E-state index is 12.5. The van der Waals surface area contributed by atoms with E-state index in [0.29, 0.717) is 6.54 Å². The molecule has 0 aliphatic rings. The predicted molar refractivity (Wildman–Crippen MR) is 98.8 cm³/mol. The molecule has 2 heterocycles. The van der Waals surface area contributed by atoms with E-state index in [1.54, 1.807) is 18.0 Å². The summed E-state index contributed by atoms with van der Waals surface area (Å²) < 4.78 is 6.92. The molecule has 1 amide bonds. The van der Waals surface area contributed by atoms with Crippen LogP contribution in [-0.2, 0) is 11.3 Å². The first-order chi connectivity index (χ1) is 12.5. The minimum absolute atomic E-state index is 0.0851. The molecular formula is C19H23N5O2. The van der Waals surface area contributed by atoms with Crippen LogP contribution in [-0.4, -0.2) is 33.0 Å². The van der Waals surface area contributed by atoms with Crippen molar-refractivity contribution in [2.24, 2.45) is 0 Å². The monoisotopic (exact) mass is 353 g/mol. The number of aromatic nitrogens is 4. The number of H-pyrrole nitrogens is 1. The van der Waals surface area contributed by atoms with E-state index in [1.165, 1.54) is 0 Å². The molecule has 0 aliphatic heterocycles. The Morgan fingerprint density at radius 3 is 2.65 bits per heavy atom. The lowest BCUT2D eigenvalue weighted by atomic mass is 10.1. The van der Waals surface area contributed by atoms with Gasteiger partial charge in [-0.1, -0.05) is 0 Å². The van der Waals surface area contributed by atoms with E-state index in [4.69, 9.17) is 4.74 Å². The predicted octanol–water partition coefficient (Wildman–Crippen LogP) is 2.78. The highest BCUT2D eigenvalue weighted by Crippen LogP contribution is 2.23. The number of carbonyl (C=O) groups is 1. The Balaban J connectivity index is 1.69. The number of amides is 1. The summed E-state index contributed by atoms with van der Waals surface area (Å²) in [5.41, 5.74) is 4.65. The van der Waals surface area contributed by atoms with E-state index in [-0.39, 0.29) is 11.9 Å². The van der Waals surface area contributed by atoms with Gasteiger partial charge in [-0.05, 0) is 51.1 Å². The molecule has 0 saturated carbocycles. The van der Waals surface area contributed by atoms with Crippen molar-refractivity contribution in [3.8, 4) is 17.0 Å². The van der Waals surface area contributed by atoms with Crippen molar-refractivity contribution in [3.05, 3.63) is 53.5 Å². The van der Waals surface area contributed by atoms with Gasteiger partial charge in [0.15, 0.2) is 0 Å². The Bertz CT molecular complexity index is 895. The maximum Gasteiger partial charge on any atom is 0.244 e. The quantitative estimate of drug-likeness (QED) is 0.714. The van der Waals surface area contributed by atoms with Crippen molar-refractivity contribution in [1.82, 2.24) is 25.3 Å². The Kier molecular flexibility index (Phi) is 5.06. The van der Waals surface area contributed by atoms with Gasteiger partial charge in [0.25, 0.3) is 0 Å². The number of nitrogens with zero attached hydrogens (tertiary/aromatic N) is 3. The van der Waals surface area contributed by atoms with Crippen LogP contribution in [0.25, 0.3) is 11.3 Å². The summed E-state index contributed by atoms with van der Waals surface area (Å²) in [5, 5.41) is 14.5. The second-order valence-corrected chi connectivity index (χ2v) is 6.26. The highest BCUT2D eigenvalue weighted by molar-refractivity contribution is 5.80. The number of hydrogen-bond acceptors (Lipinski definition) is 4. The fourth-order valence-corrected chi connectivity index (χ4v) is 2.93. The fraction of sp³-hybridized carbons (Fsp3) is 0.316. The summed E-state index contributed by atoms with van der Waals surface area (Å²) in [6, 6.07) is 9.28. The molecule has 3 rings (SSSR count). The summed E-state index contributed by atoms with van der Waals surface area (Å²) >= 11 is 0. The third-order valence-electron chi connectivity index (χ3n) is 4.34. The molecule has 1 aromatic carbocycles. The second-order valence-electron chi connectivity index (χ2n) is 6.26. The molecule has 3 aromatic rings. The molecule has 7 heteroatoms. The molecule has 0 radical (unpaired) electrons. The Hall–Kier alpha value is -3.09. The maximum atomic E-state index is 12.5. The van der Waals surface area contributed by atoms with Crippen molar-refractivity contribution < 1.29 is 9.53 Å². The zero-order valence-electron chi connectivity index (χ0n) is 15.4. The summed E-state index contributed by atoms with van der Waals surface area (Å²) in [5.74, 6) is 0.708. The highest BCUT2D eigenvalue weighted by Gasteiger charge is 2.18. The van der Waals surface area contributed by atoms with Gasteiger partial charge in [0.05, 0.1) is 24.7 Å². The number of hydrogen-bond donors (Lipinski definition) is 2. The molecule has 0 unspecified atom stereocenters. The normalized spacial score (nSPS) is 12.0. The fourth-order valence-electron chi connectivity index (χ4n) is 2.93. The Morgan fingerprint density at radius 1 is 1.31 bits per heavy atom. The van der Waals surface area contributed by atoms with Gasteiger partial charge in [-0.25, -0.2) is 0 Å². The van der Waals surface area contributed by atoms with Crippen LogP contribution in [0.1, 0.15) is 29.9 Å². The van der Waals surface area contributed by atoms with Crippen molar-refractivity contribution in [2.75, 3.05) is 7.11 Å². The molecular weight excluding hydrogens is 330 g/mol. The number of rotatable bonds is 6. The van der Waals surface area contributed by atoms with Crippen molar-refractivity contribution in [1.29, 1.82) is 0 Å². The number of aromatic amines is 1. The van der Waals surface area contributed by atoms with E-state index in [2.05, 4.69) is 20.6 Å². The average Bonchev–Trinajstić information content (AvgIpc) is 3.25. The Labute approximate surface area is 152 Å². The van der Waals surface area contributed by atoms with Gasteiger partial charge in [0.1, 0.15) is 11.8 Å². The molecule has 2 N–H and O–H groups in total. The van der Waals surface area contributed by atoms with Crippen LogP contribution in [0.2, 0.25) is 0 Å². The lowest BCUT2D eigenvalue weighted by molar-refractivity contribution is -0.124. The summed E-state index contributed by atoms with van der Waals surface area (Å²) in [7, 11) is 1.64. The highest BCUT2D eigenvalue weighted by atomic mass is 16.5. The van der Waals surface area contributed by atoms with Gasteiger partial charge in [0.2, 0.25) is 5.91 Å². The average molecular weight is 353 g/mol. The molecule has 0 fully saturated rings. The third kappa shape index (κ3) is 3.61. The van der Waals surface area contributed by atoms with Crippen LogP contribution in [0, 0.1) is 13.8 Å². The molecule has 26 heavy (non-hydrogen) atoms. The number of nitrogens with one attached hydrogen (secondary N) is 2. The van der Waals surface area contributed by atoms with Gasteiger partial charge < -0.3 is 10.1 Å². The molecule has 0 spiro atoms. The van der Waals surface area contributed by atoms with Gasteiger partial charge >= 0.3 is 0 Å². The van der Waals surface area contributed by atoms with Gasteiger partial charge in [-0.2, -0.15) is 10.2 Å². The molecule has 0 saturated heterocycles. The van der Waals surface area contributed by atoms with Gasteiger partial charge in [-0.15, -0.1) is 0 Å². The molecule has 2 aromatic heterocycles. The number of benzene rings is 1. The molecule has 1 atom stereocenters. The summed E-state index contributed by atoms with van der Waals surface area (Å²) in [4.78, 5) is 12.5. The first-order valence-corrected chi connectivity index (χ1v) is 8.46. The zero-order valence-corrected chi connectivity index (χ0v) is 15.4. The van der Waals surface area contributed by atoms with Crippen molar-refractivity contribution >= 4 is 5.91 Å². The van der Waals surface area contributed by atoms with E-state index >= 15 is 0 Å². The minimum Gasteiger partial charge on any atom is -0.497 e. The molecule has 136 valence electrons. The Morgan fingerprint density at radius 2 is 2.04 bits per heavy atom. The van der Waals surface area contributed by atoms with E-state index < -0.39 is 0 Å². The minimum atomic E-state index is -0.375. The topological polar surface area (TPSA) is 84.8 Å². The number of ether oxygens (including phenoxy) is 1. The second kappa shape index (κ2) is 7.43. The van der Waals surface area contributed by atoms with E-state index in [1.807, 2.05) is 51.1 Å². The number of carbonyl (C=O) groups excluding carboxylic acids is 1.